The number of likely N-dealkylation sites (tertiary alicyclic amines) is 1. The molecule has 1 N–H and O–H groups in total. The van der Waals surface area contributed by atoms with Gasteiger partial charge in [-0.15, -0.1) is 0 Å². The molecule has 3 aliphatic heterocycles. The highest BCUT2D eigenvalue weighted by atomic mass is 16.5. The number of hydrogen-bond donors (Lipinski definition) is 1. The zero-order valence-electron chi connectivity index (χ0n) is 31.7. The summed E-state index contributed by atoms with van der Waals surface area (Å²) in [6, 6.07) is 18.1. The minimum Gasteiger partial charge on any atom is -0.494 e. The molecule has 2 saturated heterocycles. The average Bonchev–Trinajstić information content (AvgIpc) is 3.43. The number of nitrogens with one attached hydrogen (secondary N) is 1. The number of unbranched alkanes of at least 4 members (excludes halogenated alkanes) is 2. The molecule has 5 heterocycles. The normalized spacial score (nSPS) is 21.7. The van der Waals surface area contributed by atoms with Gasteiger partial charge in [-0.2, -0.15) is 0 Å². The summed E-state index contributed by atoms with van der Waals surface area (Å²) in [4.78, 5) is 62.3. The molecule has 8 rings (SSSR count). The second-order valence-electron chi connectivity index (χ2n) is 15.2. The highest BCUT2D eigenvalue weighted by Crippen LogP contribution is 2.33. The van der Waals surface area contributed by atoms with E-state index in [9.17, 15) is 19.2 Å². The summed E-state index contributed by atoms with van der Waals surface area (Å²) in [6.07, 6.45) is 13.7. The van der Waals surface area contributed by atoms with Gasteiger partial charge in [-0.1, -0.05) is 12.1 Å². The first-order valence-corrected chi connectivity index (χ1v) is 19.8. The second kappa shape index (κ2) is 16.7. The van der Waals surface area contributed by atoms with Crippen molar-refractivity contribution in [2.45, 2.75) is 89.1 Å². The molecule has 4 amide bonds. The Labute approximate surface area is 326 Å². The van der Waals surface area contributed by atoms with Gasteiger partial charge >= 0.3 is 0 Å². The maximum Gasteiger partial charge on any atom is 0.262 e. The lowest BCUT2D eigenvalue weighted by Crippen LogP contribution is -2.54. The van der Waals surface area contributed by atoms with Gasteiger partial charge in [0, 0.05) is 49.6 Å². The van der Waals surface area contributed by atoms with E-state index in [1.54, 1.807) is 18.2 Å². The SMILES string of the molecule is Cc1cc(/C=C/c2ccc3cc(OC4CC(OC5CCN(CCCCCOc6ccc7c(c6)C(=O)N(C6CCC(=O)NC6=O)C7=O)CC5)C4)ccc3n2)ccn1. The minimum atomic E-state index is -0.979. The average molecular weight is 758 g/mol. The first-order valence-electron chi connectivity index (χ1n) is 19.8. The van der Waals surface area contributed by atoms with Crippen LogP contribution >= 0.6 is 0 Å². The molecule has 2 aromatic heterocycles. The molecule has 2 aromatic carbocycles. The zero-order valence-corrected chi connectivity index (χ0v) is 31.7. The van der Waals surface area contributed by atoms with E-state index < -0.39 is 29.7 Å². The third-order valence-corrected chi connectivity index (χ3v) is 11.1. The summed E-state index contributed by atoms with van der Waals surface area (Å²) >= 11 is 0. The number of aryl methyl sites for hydroxylation is 1. The van der Waals surface area contributed by atoms with Crippen LogP contribution in [0.3, 0.4) is 0 Å². The van der Waals surface area contributed by atoms with E-state index in [2.05, 4.69) is 33.4 Å². The Balaban J connectivity index is 0.692. The van der Waals surface area contributed by atoms with Gasteiger partial charge in [0.25, 0.3) is 11.8 Å². The molecular formula is C44H47N5O7. The van der Waals surface area contributed by atoms with Gasteiger partial charge in [0.1, 0.15) is 23.6 Å². The summed E-state index contributed by atoms with van der Waals surface area (Å²) in [7, 11) is 0. The topological polar surface area (TPSA) is 140 Å². The standard InChI is InChI=1S/C44H47N5O7/c1-28-23-29(15-18-45-28)5-7-31-8-6-30-24-34(10-12-39(30)46-31)56-36-25-35(26-36)55-32-16-20-48(21-17-32)19-3-2-4-22-54-33-9-11-37-38(27-33)44(53)49(43(37)52)40-13-14-41(50)47-42(40)51/h5-12,15,18,23-24,27,32,35-36,40H,2-4,13-14,16-17,19-22,25-26H2,1H3,(H,47,50,51)/b7-5+. The molecule has 1 saturated carbocycles. The van der Waals surface area contributed by atoms with E-state index in [1.165, 1.54) is 0 Å². The van der Waals surface area contributed by atoms with E-state index in [1.807, 2.05) is 49.5 Å². The van der Waals surface area contributed by atoms with Gasteiger partial charge in [-0.3, -0.25) is 34.4 Å². The number of nitrogens with zero attached hydrogens (tertiary/aromatic N) is 4. The summed E-state index contributed by atoms with van der Waals surface area (Å²) in [5.41, 5.74) is 4.42. The summed E-state index contributed by atoms with van der Waals surface area (Å²) < 4.78 is 18.7. The molecule has 1 aliphatic carbocycles. The quantitative estimate of drug-likeness (QED) is 0.118. The Morgan fingerprint density at radius 1 is 0.804 bits per heavy atom. The third-order valence-electron chi connectivity index (χ3n) is 11.1. The van der Waals surface area contributed by atoms with Crippen LogP contribution in [0.1, 0.15) is 95.5 Å². The number of amides is 4. The Morgan fingerprint density at radius 3 is 2.45 bits per heavy atom. The molecule has 56 heavy (non-hydrogen) atoms. The van der Waals surface area contributed by atoms with Crippen molar-refractivity contribution >= 4 is 46.7 Å². The zero-order chi connectivity index (χ0) is 38.6. The lowest BCUT2D eigenvalue weighted by Gasteiger charge is -2.40. The van der Waals surface area contributed by atoms with Crippen LogP contribution in [0.2, 0.25) is 0 Å². The second-order valence-corrected chi connectivity index (χ2v) is 15.2. The molecule has 12 heteroatoms. The fourth-order valence-electron chi connectivity index (χ4n) is 7.94. The van der Waals surface area contributed by atoms with Gasteiger partial charge in [0.15, 0.2) is 0 Å². The van der Waals surface area contributed by atoms with Crippen molar-refractivity contribution in [2.75, 3.05) is 26.2 Å². The highest BCUT2D eigenvalue weighted by Gasteiger charge is 2.44. The highest BCUT2D eigenvalue weighted by molar-refractivity contribution is 6.23. The van der Waals surface area contributed by atoms with Crippen LogP contribution in [0.5, 0.6) is 11.5 Å². The third kappa shape index (κ3) is 8.66. The first-order chi connectivity index (χ1) is 27.3. The number of carbonyl (C=O) groups excluding carboxylic acids is 4. The van der Waals surface area contributed by atoms with E-state index in [0.717, 1.165) is 103 Å². The van der Waals surface area contributed by atoms with Gasteiger partial charge in [0.2, 0.25) is 11.8 Å². The molecule has 0 bridgehead atoms. The number of piperidine rings is 2. The lowest BCUT2D eigenvalue weighted by atomic mass is 9.91. The van der Waals surface area contributed by atoms with Crippen LogP contribution in [0.25, 0.3) is 23.1 Å². The predicted molar refractivity (Wildman–Crippen MR) is 210 cm³/mol. The molecule has 4 aliphatic rings. The number of aromatic nitrogens is 2. The van der Waals surface area contributed by atoms with Crippen molar-refractivity contribution in [2.24, 2.45) is 0 Å². The van der Waals surface area contributed by atoms with E-state index in [-0.39, 0.29) is 36.2 Å². The first kappa shape index (κ1) is 37.5. The van der Waals surface area contributed by atoms with E-state index in [4.69, 9.17) is 19.2 Å². The fraction of sp³-hybridized carbons (Fsp3) is 0.409. The summed E-state index contributed by atoms with van der Waals surface area (Å²) in [5.74, 6) is -0.676. The van der Waals surface area contributed by atoms with E-state index in [0.29, 0.717) is 18.5 Å². The summed E-state index contributed by atoms with van der Waals surface area (Å²) in [5, 5.41) is 3.27. The van der Waals surface area contributed by atoms with Crippen molar-refractivity contribution in [3.05, 3.63) is 94.9 Å². The van der Waals surface area contributed by atoms with Gasteiger partial charge < -0.3 is 19.1 Å². The van der Waals surface area contributed by atoms with Crippen molar-refractivity contribution in [3.8, 4) is 11.5 Å². The summed E-state index contributed by atoms with van der Waals surface area (Å²) in [6.45, 7) is 5.61. The molecule has 12 nitrogen and oxygen atoms in total. The molecule has 4 aromatic rings. The number of ether oxygens (including phenoxy) is 3. The van der Waals surface area contributed by atoms with E-state index >= 15 is 0 Å². The Morgan fingerprint density at radius 2 is 1.62 bits per heavy atom. The van der Waals surface area contributed by atoms with Gasteiger partial charge in [-0.05, 0) is 118 Å². The van der Waals surface area contributed by atoms with Gasteiger partial charge in [-0.25, -0.2) is 4.98 Å². The molecule has 1 unspecified atom stereocenters. The molecule has 1 atom stereocenters. The maximum atomic E-state index is 13.1. The Hall–Kier alpha value is -5.46. The van der Waals surface area contributed by atoms with Crippen LogP contribution in [0, 0.1) is 6.92 Å². The number of rotatable bonds is 14. The van der Waals surface area contributed by atoms with Crippen molar-refractivity contribution in [3.63, 3.8) is 0 Å². The van der Waals surface area contributed by atoms with Crippen LogP contribution in [-0.2, 0) is 14.3 Å². The number of hydrogen-bond acceptors (Lipinski definition) is 10. The number of imide groups is 2. The largest absolute Gasteiger partial charge is 0.494 e. The Bertz CT molecular complexity index is 2160. The van der Waals surface area contributed by atoms with Crippen LogP contribution < -0.4 is 14.8 Å². The molecule has 290 valence electrons. The molecule has 0 spiro atoms. The lowest BCUT2D eigenvalue weighted by molar-refractivity contribution is -0.136. The van der Waals surface area contributed by atoms with Crippen LogP contribution in [0.4, 0.5) is 0 Å². The van der Waals surface area contributed by atoms with Crippen LogP contribution in [0.15, 0.2) is 66.9 Å². The monoisotopic (exact) mass is 757 g/mol. The Kier molecular flexibility index (Phi) is 11.2. The fourth-order valence-corrected chi connectivity index (χ4v) is 7.94. The number of pyridine rings is 2. The molecule has 0 radical (unpaired) electrons. The number of carbonyl (C=O) groups is 4. The predicted octanol–water partition coefficient (Wildman–Crippen LogP) is 6.15. The van der Waals surface area contributed by atoms with Crippen molar-refractivity contribution < 1.29 is 33.4 Å². The number of benzene rings is 2. The van der Waals surface area contributed by atoms with Crippen LogP contribution in [-0.4, -0.2) is 94.0 Å². The molecule has 3 fully saturated rings. The van der Waals surface area contributed by atoms with Gasteiger partial charge in [0.05, 0.1) is 41.2 Å². The smallest absolute Gasteiger partial charge is 0.262 e. The maximum absolute atomic E-state index is 13.1. The van der Waals surface area contributed by atoms with Crippen molar-refractivity contribution in [1.82, 2.24) is 25.1 Å². The number of fused-ring (bicyclic) bond motifs is 2. The van der Waals surface area contributed by atoms with Crippen molar-refractivity contribution in [1.29, 1.82) is 0 Å². The molecular weight excluding hydrogens is 711 g/mol. The minimum absolute atomic E-state index is 0.0881.